The minimum atomic E-state index is -2.60. The molecule has 2 unspecified atom stereocenters. The number of ether oxygens (including phenoxy) is 1. The first-order chi connectivity index (χ1) is 11.6. The molecule has 146 valence electrons. The molecular weight excluding hydrogens is 352 g/mol. The summed E-state index contributed by atoms with van der Waals surface area (Å²) < 4.78 is 26.3. The number of hydrogen-bond acceptors (Lipinski definition) is 5. The Morgan fingerprint density at radius 2 is 1.28 bits per heavy atom. The largest absolute Gasteiger partial charge is 0.414 e. The van der Waals surface area contributed by atoms with Gasteiger partial charge in [-0.15, -0.1) is 0 Å². The first-order valence-electron chi connectivity index (χ1n) is 9.92. The summed E-state index contributed by atoms with van der Waals surface area (Å²) in [6, 6.07) is 0. The van der Waals surface area contributed by atoms with Gasteiger partial charge in [-0.3, -0.25) is 0 Å². The van der Waals surface area contributed by atoms with Crippen LogP contribution in [0.5, 0.6) is 0 Å². The third-order valence-electron chi connectivity index (χ3n) is 6.44. The highest BCUT2D eigenvalue weighted by molar-refractivity contribution is 6.83. The van der Waals surface area contributed by atoms with E-state index < -0.39 is 23.2 Å². The highest BCUT2D eigenvalue weighted by Crippen LogP contribution is 2.52. The summed E-state index contributed by atoms with van der Waals surface area (Å²) in [4.78, 5) is 0. The lowest BCUT2D eigenvalue weighted by Gasteiger charge is -2.52. The molecule has 25 heavy (non-hydrogen) atoms. The topological polar surface area (TPSA) is 60.5 Å². The first kappa shape index (κ1) is 20.0. The average molecular weight is 389 g/mol. The standard InChI is InChI=1S/C18H36O5Si2/c1-10(2)24(11(3)4)20-9-14-16(15(19)18-17(14)21-18)22-25(23-24,12(5)6)13(7)8/h10-19H,9H2,1-8H3/t14-,15?,16?,17-,18+/m1/s1. The van der Waals surface area contributed by atoms with Crippen molar-refractivity contribution in [2.75, 3.05) is 6.61 Å². The van der Waals surface area contributed by atoms with E-state index in [-0.39, 0.29) is 24.2 Å². The van der Waals surface area contributed by atoms with Gasteiger partial charge < -0.3 is 22.8 Å². The maximum atomic E-state index is 10.7. The molecule has 2 aliphatic heterocycles. The SMILES string of the molecule is CC(C)[Si]1(C(C)C)OC[C@@H]2C(O[Si](C(C)C)(C(C)C)O1)C(O)[C@@H]1O[C@H]21. The van der Waals surface area contributed by atoms with Crippen molar-refractivity contribution in [3.05, 3.63) is 0 Å². The highest BCUT2D eigenvalue weighted by Gasteiger charge is 2.67. The van der Waals surface area contributed by atoms with Crippen molar-refractivity contribution in [2.24, 2.45) is 5.92 Å². The van der Waals surface area contributed by atoms with Gasteiger partial charge in [-0.25, -0.2) is 0 Å². The van der Waals surface area contributed by atoms with Crippen molar-refractivity contribution in [1.82, 2.24) is 0 Å². The van der Waals surface area contributed by atoms with E-state index in [1.165, 1.54) is 0 Å². The quantitative estimate of drug-likeness (QED) is 0.588. The Morgan fingerprint density at radius 3 is 1.76 bits per heavy atom. The molecule has 3 rings (SSSR count). The fourth-order valence-electron chi connectivity index (χ4n) is 4.88. The van der Waals surface area contributed by atoms with E-state index in [1.54, 1.807) is 0 Å². The van der Waals surface area contributed by atoms with Crippen molar-refractivity contribution in [2.45, 2.75) is 102 Å². The van der Waals surface area contributed by atoms with Crippen LogP contribution in [0.15, 0.2) is 0 Å². The third-order valence-corrected chi connectivity index (χ3v) is 16.7. The van der Waals surface area contributed by atoms with Crippen molar-refractivity contribution >= 4 is 17.1 Å². The minimum absolute atomic E-state index is 0.0723. The van der Waals surface area contributed by atoms with Gasteiger partial charge in [0.2, 0.25) is 0 Å². The smallest absolute Gasteiger partial charge is 0.335 e. The van der Waals surface area contributed by atoms with Crippen LogP contribution in [-0.2, 0) is 17.7 Å². The molecule has 0 amide bonds. The van der Waals surface area contributed by atoms with E-state index in [0.29, 0.717) is 28.8 Å². The molecule has 5 atom stereocenters. The van der Waals surface area contributed by atoms with E-state index in [2.05, 4.69) is 55.4 Å². The predicted molar refractivity (Wildman–Crippen MR) is 102 cm³/mol. The van der Waals surface area contributed by atoms with Crippen LogP contribution in [0.3, 0.4) is 0 Å². The summed E-state index contributed by atoms with van der Waals surface area (Å²) in [5.74, 6) is 0.123. The second-order valence-corrected chi connectivity index (χ2v) is 18.1. The summed E-state index contributed by atoms with van der Waals surface area (Å²) in [6.07, 6.45) is -0.752. The second kappa shape index (κ2) is 6.69. The number of epoxide rings is 1. The zero-order valence-electron chi connectivity index (χ0n) is 17.0. The van der Waals surface area contributed by atoms with Crippen molar-refractivity contribution in [3.63, 3.8) is 0 Å². The zero-order valence-corrected chi connectivity index (χ0v) is 19.0. The molecule has 0 spiro atoms. The van der Waals surface area contributed by atoms with E-state index in [4.69, 9.17) is 17.7 Å². The second-order valence-electron chi connectivity index (χ2n) is 9.28. The Bertz CT molecular complexity index is 480. The van der Waals surface area contributed by atoms with Crippen LogP contribution in [0.4, 0.5) is 0 Å². The predicted octanol–water partition coefficient (Wildman–Crippen LogP) is 3.70. The zero-order chi connectivity index (χ0) is 18.7. The summed E-state index contributed by atoms with van der Waals surface area (Å²) in [5, 5.41) is 10.7. The van der Waals surface area contributed by atoms with Crippen LogP contribution in [-0.4, -0.2) is 53.3 Å². The van der Waals surface area contributed by atoms with Crippen LogP contribution in [0.1, 0.15) is 55.4 Å². The maximum absolute atomic E-state index is 10.7. The summed E-state index contributed by atoms with van der Waals surface area (Å²) in [6.45, 7) is 18.3. The Morgan fingerprint density at radius 1 is 0.760 bits per heavy atom. The van der Waals surface area contributed by atoms with Gasteiger partial charge in [0.15, 0.2) is 0 Å². The number of aliphatic hydroxyl groups is 1. The van der Waals surface area contributed by atoms with Gasteiger partial charge in [0, 0.05) is 12.5 Å². The Hall–Kier alpha value is 0.234. The molecule has 7 heteroatoms. The van der Waals surface area contributed by atoms with Crippen LogP contribution >= 0.6 is 0 Å². The van der Waals surface area contributed by atoms with Gasteiger partial charge >= 0.3 is 17.1 Å². The Labute approximate surface area is 154 Å². The van der Waals surface area contributed by atoms with Crippen LogP contribution in [0.2, 0.25) is 22.2 Å². The molecule has 0 aromatic carbocycles. The molecule has 0 aromatic heterocycles. The molecule has 1 saturated carbocycles. The molecule has 1 N–H and O–H groups in total. The summed E-state index contributed by atoms with van der Waals surface area (Å²) in [5.41, 5.74) is 1.28. The number of rotatable bonds is 4. The van der Waals surface area contributed by atoms with Gasteiger partial charge in [0.05, 0.1) is 12.2 Å². The van der Waals surface area contributed by atoms with Crippen LogP contribution < -0.4 is 0 Å². The molecule has 5 nitrogen and oxygen atoms in total. The Kier molecular flexibility index (Phi) is 5.34. The van der Waals surface area contributed by atoms with Gasteiger partial charge in [0.1, 0.15) is 12.2 Å². The lowest BCUT2D eigenvalue weighted by atomic mass is 10.1. The third kappa shape index (κ3) is 3.00. The normalized spacial score (nSPS) is 39.5. The number of fused-ring (bicyclic) bond motifs is 3. The van der Waals surface area contributed by atoms with Crippen molar-refractivity contribution in [3.8, 4) is 0 Å². The van der Waals surface area contributed by atoms with E-state index >= 15 is 0 Å². The van der Waals surface area contributed by atoms with Gasteiger partial charge in [-0.1, -0.05) is 55.4 Å². The number of hydrogen-bond donors (Lipinski definition) is 1. The molecule has 2 saturated heterocycles. The summed E-state index contributed by atoms with van der Waals surface area (Å²) >= 11 is 0. The van der Waals surface area contributed by atoms with Gasteiger partial charge in [-0.05, 0) is 22.2 Å². The van der Waals surface area contributed by atoms with Crippen molar-refractivity contribution in [1.29, 1.82) is 0 Å². The molecule has 0 aromatic rings. The fourth-order valence-corrected chi connectivity index (χ4v) is 16.1. The minimum Gasteiger partial charge on any atom is -0.414 e. The molecule has 2 heterocycles. The van der Waals surface area contributed by atoms with E-state index in [0.717, 1.165) is 0 Å². The monoisotopic (exact) mass is 388 g/mol. The van der Waals surface area contributed by atoms with E-state index in [9.17, 15) is 5.11 Å². The molecule has 3 aliphatic rings. The molecule has 1 aliphatic carbocycles. The maximum Gasteiger partial charge on any atom is 0.335 e. The Balaban J connectivity index is 2.04. The van der Waals surface area contributed by atoms with Crippen molar-refractivity contribution < 1.29 is 22.8 Å². The summed E-state index contributed by atoms with van der Waals surface area (Å²) in [7, 11) is -5.07. The lowest BCUT2D eigenvalue weighted by Crippen LogP contribution is -2.65. The van der Waals surface area contributed by atoms with Gasteiger partial charge in [0.25, 0.3) is 0 Å². The lowest BCUT2D eigenvalue weighted by molar-refractivity contribution is -0.0579. The number of aliphatic hydroxyl groups excluding tert-OH is 1. The van der Waals surface area contributed by atoms with Crippen LogP contribution in [0.25, 0.3) is 0 Å². The van der Waals surface area contributed by atoms with Gasteiger partial charge in [-0.2, -0.15) is 0 Å². The molecular formula is C18H36O5Si2. The fraction of sp³-hybridized carbons (Fsp3) is 1.00. The van der Waals surface area contributed by atoms with Crippen LogP contribution in [0, 0.1) is 5.92 Å². The first-order valence-corrected chi connectivity index (χ1v) is 13.9. The molecule has 0 radical (unpaired) electrons. The highest BCUT2D eigenvalue weighted by atomic mass is 28.5. The molecule has 3 fully saturated rings. The molecule has 0 bridgehead atoms. The van der Waals surface area contributed by atoms with E-state index in [1.807, 2.05) is 0 Å². The average Bonchev–Trinajstić information content (AvgIpc) is 3.21.